The van der Waals surface area contributed by atoms with Gasteiger partial charge in [-0.2, -0.15) is 0 Å². The second-order valence-corrected chi connectivity index (χ2v) is 6.48. The highest BCUT2D eigenvalue weighted by molar-refractivity contribution is 5.75. The lowest BCUT2D eigenvalue weighted by molar-refractivity contribution is -0.141. The molecule has 1 fully saturated rings. The van der Waals surface area contributed by atoms with Crippen molar-refractivity contribution in [1.82, 2.24) is 15.1 Å². The van der Waals surface area contributed by atoms with E-state index in [1.807, 2.05) is 27.9 Å². The summed E-state index contributed by atoms with van der Waals surface area (Å²) in [6.07, 6.45) is 2.97. The monoisotopic (exact) mass is 299 g/mol. The van der Waals surface area contributed by atoms with Crippen molar-refractivity contribution in [2.24, 2.45) is 5.41 Å². The number of aliphatic carboxylic acids is 1. The Morgan fingerprint density at radius 2 is 1.95 bits per heavy atom. The number of carboxylic acid groups (broad SMARTS) is 1. The number of hydrogen-bond acceptors (Lipinski definition) is 3. The van der Waals surface area contributed by atoms with Gasteiger partial charge in [0, 0.05) is 25.7 Å². The molecule has 0 radical (unpaired) electrons. The fourth-order valence-electron chi connectivity index (χ4n) is 3.06. The summed E-state index contributed by atoms with van der Waals surface area (Å²) in [5.41, 5.74) is -0.230. The van der Waals surface area contributed by atoms with Crippen LogP contribution in [0.5, 0.6) is 0 Å². The third-order valence-corrected chi connectivity index (χ3v) is 4.32. The fraction of sp³-hybridized carbons (Fsp3) is 0.867. The Balaban J connectivity index is 2.52. The molecule has 1 saturated carbocycles. The summed E-state index contributed by atoms with van der Waals surface area (Å²) in [6.45, 7) is 5.90. The lowest BCUT2D eigenvalue weighted by Gasteiger charge is -2.41. The highest BCUT2D eigenvalue weighted by atomic mass is 16.4. The molecule has 2 amide bonds. The van der Waals surface area contributed by atoms with Crippen LogP contribution in [0.1, 0.15) is 39.5 Å². The minimum absolute atomic E-state index is 0.0940. The molecule has 0 heterocycles. The van der Waals surface area contributed by atoms with Crippen LogP contribution in [0.25, 0.3) is 0 Å². The van der Waals surface area contributed by atoms with Gasteiger partial charge in [0.05, 0.1) is 6.42 Å². The van der Waals surface area contributed by atoms with Gasteiger partial charge in [0.2, 0.25) is 0 Å². The number of hydrogen-bond donors (Lipinski definition) is 2. The number of carbonyl (C=O) groups is 2. The number of amides is 2. The number of rotatable bonds is 8. The molecule has 21 heavy (non-hydrogen) atoms. The summed E-state index contributed by atoms with van der Waals surface area (Å²) >= 11 is 0. The van der Waals surface area contributed by atoms with E-state index in [1.54, 1.807) is 4.90 Å². The molecule has 0 bridgehead atoms. The Hall–Kier alpha value is -1.30. The van der Waals surface area contributed by atoms with Crippen LogP contribution in [0.4, 0.5) is 4.79 Å². The van der Waals surface area contributed by atoms with Crippen molar-refractivity contribution >= 4 is 12.0 Å². The number of nitrogens with one attached hydrogen (secondary N) is 1. The number of carboxylic acids is 1. The summed E-state index contributed by atoms with van der Waals surface area (Å²) in [4.78, 5) is 27.1. The summed E-state index contributed by atoms with van der Waals surface area (Å²) in [5.74, 6) is -0.780. The van der Waals surface area contributed by atoms with E-state index in [0.717, 1.165) is 25.8 Å². The third-order valence-electron chi connectivity index (χ3n) is 4.32. The number of urea groups is 1. The van der Waals surface area contributed by atoms with Gasteiger partial charge in [0.15, 0.2) is 0 Å². The Morgan fingerprint density at radius 3 is 2.33 bits per heavy atom. The van der Waals surface area contributed by atoms with E-state index >= 15 is 0 Å². The van der Waals surface area contributed by atoms with Crippen molar-refractivity contribution in [3.63, 3.8) is 0 Å². The highest BCUT2D eigenvalue weighted by Crippen LogP contribution is 2.43. The van der Waals surface area contributed by atoms with Crippen molar-refractivity contribution in [2.75, 3.05) is 33.7 Å². The molecule has 0 aromatic heterocycles. The van der Waals surface area contributed by atoms with Crippen molar-refractivity contribution < 1.29 is 14.7 Å². The molecule has 1 atom stereocenters. The Bertz CT molecular complexity index is 367. The van der Waals surface area contributed by atoms with E-state index in [4.69, 9.17) is 5.11 Å². The zero-order valence-corrected chi connectivity index (χ0v) is 13.7. The lowest BCUT2D eigenvalue weighted by atomic mass is 9.66. The lowest BCUT2D eigenvalue weighted by Crippen LogP contribution is -2.51. The second kappa shape index (κ2) is 7.64. The van der Waals surface area contributed by atoms with Gasteiger partial charge in [-0.15, -0.1) is 0 Å². The largest absolute Gasteiger partial charge is 0.481 e. The van der Waals surface area contributed by atoms with Crippen LogP contribution >= 0.6 is 0 Å². The average Bonchev–Trinajstić information content (AvgIpc) is 2.31. The van der Waals surface area contributed by atoms with Crippen molar-refractivity contribution in [3.05, 3.63) is 0 Å². The van der Waals surface area contributed by atoms with E-state index in [1.165, 1.54) is 0 Å². The molecular formula is C15H29N3O3. The summed E-state index contributed by atoms with van der Waals surface area (Å²) in [6, 6.07) is 0.0327. The smallest absolute Gasteiger partial charge is 0.317 e. The number of carbonyl (C=O) groups excluding carboxylic acids is 1. The van der Waals surface area contributed by atoms with Gasteiger partial charge >= 0.3 is 12.0 Å². The predicted octanol–water partition coefficient (Wildman–Crippen LogP) is 1.61. The van der Waals surface area contributed by atoms with Gasteiger partial charge in [-0.1, -0.05) is 6.42 Å². The minimum Gasteiger partial charge on any atom is -0.481 e. The highest BCUT2D eigenvalue weighted by Gasteiger charge is 2.39. The first kappa shape index (κ1) is 17.8. The molecule has 2 N–H and O–H groups in total. The Labute approximate surface area is 127 Å². The molecule has 0 saturated heterocycles. The van der Waals surface area contributed by atoms with Gasteiger partial charge in [0.25, 0.3) is 0 Å². The molecule has 1 aliphatic rings. The Kier molecular flexibility index (Phi) is 6.45. The first-order chi connectivity index (χ1) is 9.79. The van der Waals surface area contributed by atoms with Crippen LogP contribution in [0.2, 0.25) is 0 Å². The van der Waals surface area contributed by atoms with Gasteiger partial charge in [-0.25, -0.2) is 4.79 Å². The molecule has 122 valence electrons. The fourth-order valence-corrected chi connectivity index (χ4v) is 3.06. The van der Waals surface area contributed by atoms with Gasteiger partial charge in [-0.3, -0.25) is 4.79 Å². The van der Waals surface area contributed by atoms with E-state index in [9.17, 15) is 9.59 Å². The quantitative estimate of drug-likeness (QED) is 0.714. The minimum atomic E-state index is -0.780. The van der Waals surface area contributed by atoms with Crippen LogP contribution < -0.4 is 5.32 Å². The zero-order valence-electron chi connectivity index (χ0n) is 13.7. The van der Waals surface area contributed by atoms with Crippen LogP contribution in [-0.2, 0) is 4.79 Å². The van der Waals surface area contributed by atoms with Crippen molar-refractivity contribution in [1.29, 1.82) is 0 Å². The molecular weight excluding hydrogens is 270 g/mol. The zero-order chi connectivity index (χ0) is 16.0. The standard InChI is InChI=1S/C15H29N3O3/c1-5-18(12(2)10-17(3)4)14(21)16-11-15(7-6-8-15)9-13(19)20/h12H,5-11H2,1-4H3,(H,16,21)(H,19,20). The van der Waals surface area contributed by atoms with Crippen LogP contribution in [-0.4, -0.2) is 66.7 Å². The first-order valence-corrected chi connectivity index (χ1v) is 7.70. The number of nitrogens with zero attached hydrogens (tertiary/aromatic N) is 2. The maximum atomic E-state index is 12.3. The van der Waals surface area contributed by atoms with Crippen LogP contribution in [0, 0.1) is 5.41 Å². The molecule has 1 rings (SSSR count). The predicted molar refractivity (Wildman–Crippen MR) is 82.3 cm³/mol. The molecule has 0 aliphatic heterocycles. The third kappa shape index (κ3) is 5.19. The van der Waals surface area contributed by atoms with Gasteiger partial charge in [0.1, 0.15) is 0 Å². The molecule has 1 unspecified atom stereocenters. The van der Waals surface area contributed by atoms with E-state index < -0.39 is 5.97 Å². The number of likely N-dealkylation sites (N-methyl/N-ethyl adjacent to an activating group) is 2. The maximum Gasteiger partial charge on any atom is 0.317 e. The maximum absolute atomic E-state index is 12.3. The summed E-state index contributed by atoms with van der Waals surface area (Å²) in [7, 11) is 3.97. The second-order valence-electron chi connectivity index (χ2n) is 6.48. The first-order valence-electron chi connectivity index (χ1n) is 7.70. The van der Waals surface area contributed by atoms with Crippen LogP contribution in [0.3, 0.4) is 0 Å². The van der Waals surface area contributed by atoms with E-state index in [0.29, 0.717) is 13.1 Å². The molecule has 0 aromatic rings. The SMILES string of the molecule is CCN(C(=O)NCC1(CC(=O)O)CCC1)C(C)CN(C)C. The molecule has 0 spiro atoms. The van der Waals surface area contributed by atoms with Gasteiger partial charge in [-0.05, 0) is 46.2 Å². The van der Waals surface area contributed by atoms with Crippen LogP contribution in [0.15, 0.2) is 0 Å². The Morgan fingerprint density at radius 1 is 1.33 bits per heavy atom. The molecule has 6 nitrogen and oxygen atoms in total. The molecule has 0 aromatic carbocycles. The molecule has 6 heteroatoms. The van der Waals surface area contributed by atoms with Gasteiger partial charge < -0.3 is 20.2 Å². The topological polar surface area (TPSA) is 72.9 Å². The average molecular weight is 299 g/mol. The normalized spacial score (nSPS) is 18.0. The summed E-state index contributed by atoms with van der Waals surface area (Å²) < 4.78 is 0. The van der Waals surface area contributed by atoms with Crippen molar-refractivity contribution in [3.8, 4) is 0 Å². The summed E-state index contributed by atoms with van der Waals surface area (Å²) in [5, 5.41) is 11.9. The molecule has 1 aliphatic carbocycles. The van der Waals surface area contributed by atoms with Crippen molar-refractivity contribution in [2.45, 2.75) is 45.6 Å². The van der Waals surface area contributed by atoms with E-state index in [2.05, 4.69) is 10.2 Å². The van der Waals surface area contributed by atoms with E-state index in [-0.39, 0.29) is 23.9 Å².